The molecule has 0 unspecified atom stereocenters. The van der Waals surface area contributed by atoms with E-state index >= 15 is 0 Å². The van der Waals surface area contributed by atoms with Gasteiger partial charge < -0.3 is 11.1 Å². The highest BCUT2D eigenvalue weighted by molar-refractivity contribution is 5.49. The quantitative estimate of drug-likeness (QED) is 0.871. The predicted molar refractivity (Wildman–Crippen MR) is 81.5 cm³/mol. The van der Waals surface area contributed by atoms with Gasteiger partial charge in [-0.1, -0.05) is 6.07 Å². The minimum atomic E-state index is 0.458. The summed E-state index contributed by atoms with van der Waals surface area (Å²) in [5, 5.41) is 3.64. The van der Waals surface area contributed by atoms with Crippen LogP contribution in [0, 0.1) is 5.92 Å². The molecule has 19 heavy (non-hydrogen) atoms. The monoisotopic (exact) mass is 258 g/mol. The zero-order chi connectivity index (χ0) is 13.1. The highest BCUT2D eigenvalue weighted by Gasteiger charge is 2.18. The molecule has 1 saturated carbocycles. The van der Waals surface area contributed by atoms with E-state index in [2.05, 4.69) is 23.5 Å². The largest absolute Gasteiger partial charge is 0.385 e. The molecule has 1 aromatic rings. The SMILES string of the molecule is NC1CCC(CNc2ccc3c(c2)CCCC3)CC1. The van der Waals surface area contributed by atoms with Crippen molar-refractivity contribution >= 4 is 5.69 Å². The van der Waals surface area contributed by atoms with Crippen LogP contribution >= 0.6 is 0 Å². The van der Waals surface area contributed by atoms with E-state index in [1.807, 2.05) is 0 Å². The third-order valence-corrected chi connectivity index (χ3v) is 4.83. The van der Waals surface area contributed by atoms with Gasteiger partial charge in [0, 0.05) is 18.3 Å². The van der Waals surface area contributed by atoms with Crippen LogP contribution in [0.5, 0.6) is 0 Å². The van der Waals surface area contributed by atoms with E-state index in [0.29, 0.717) is 6.04 Å². The Labute approximate surface area is 116 Å². The van der Waals surface area contributed by atoms with Crippen molar-refractivity contribution in [3.8, 4) is 0 Å². The topological polar surface area (TPSA) is 38.0 Å². The summed E-state index contributed by atoms with van der Waals surface area (Å²) < 4.78 is 0. The maximum absolute atomic E-state index is 5.96. The fourth-order valence-electron chi connectivity index (χ4n) is 3.50. The third kappa shape index (κ3) is 3.30. The van der Waals surface area contributed by atoms with Crippen LogP contribution < -0.4 is 11.1 Å². The van der Waals surface area contributed by atoms with E-state index in [9.17, 15) is 0 Å². The van der Waals surface area contributed by atoms with Gasteiger partial charge in [0.2, 0.25) is 0 Å². The zero-order valence-electron chi connectivity index (χ0n) is 11.8. The fraction of sp³-hybridized carbons (Fsp3) is 0.647. The van der Waals surface area contributed by atoms with Crippen molar-refractivity contribution in [2.75, 3.05) is 11.9 Å². The van der Waals surface area contributed by atoms with E-state index in [1.54, 1.807) is 11.1 Å². The lowest BCUT2D eigenvalue weighted by Crippen LogP contribution is -2.29. The Balaban J connectivity index is 1.55. The number of hydrogen-bond acceptors (Lipinski definition) is 2. The van der Waals surface area contributed by atoms with Gasteiger partial charge in [-0.15, -0.1) is 0 Å². The average Bonchev–Trinajstić information content (AvgIpc) is 2.46. The number of fused-ring (bicyclic) bond motifs is 1. The van der Waals surface area contributed by atoms with Gasteiger partial charge in [-0.2, -0.15) is 0 Å². The molecule has 0 aliphatic heterocycles. The lowest BCUT2D eigenvalue weighted by molar-refractivity contribution is 0.339. The van der Waals surface area contributed by atoms with Crippen molar-refractivity contribution in [2.45, 2.75) is 57.4 Å². The molecule has 1 fully saturated rings. The molecule has 104 valence electrons. The molecule has 3 rings (SSSR count). The fourth-order valence-corrected chi connectivity index (χ4v) is 3.50. The van der Waals surface area contributed by atoms with Gasteiger partial charge in [0.05, 0.1) is 0 Å². The summed E-state index contributed by atoms with van der Waals surface area (Å²) in [5.41, 5.74) is 10.4. The van der Waals surface area contributed by atoms with Crippen LogP contribution in [0.15, 0.2) is 18.2 Å². The van der Waals surface area contributed by atoms with Gasteiger partial charge in [-0.3, -0.25) is 0 Å². The first kappa shape index (κ1) is 13.0. The van der Waals surface area contributed by atoms with Crippen LogP contribution in [0.3, 0.4) is 0 Å². The molecule has 1 aromatic carbocycles. The molecule has 2 nitrogen and oxygen atoms in total. The Kier molecular flexibility index (Phi) is 4.07. The molecule has 0 saturated heterocycles. The molecule has 0 radical (unpaired) electrons. The van der Waals surface area contributed by atoms with Crippen LogP contribution in [0.4, 0.5) is 5.69 Å². The Hall–Kier alpha value is -1.02. The lowest BCUT2D eigenvalue weighted by atomic mass is 9.86. The molecule has 0 amide bonds. The molecule has 0 atom stereocenters. The Bertz CT molecular complexity index is 419. The van der Waals surface area contributed by atoms with Gasteiger partial charge in [0.1, 0.15) is 0 Å². The molecule has 0 spiro atoms. The number of benzene rings is 1. The first-order chi connectivity index (χ1) is 9.31. The minimum Gasteiger partial charge on any atom is -0.385 e. The summed E-state index contributed by atoms with van der Waals surface area (Å²) in [7, 11) is 0. The Morgan fingerprint density at radius 2 is 1.74 bits per heavy atom. The van der Waals surface area contributed by atoms with Crippen LogP contribution in [-0.2, 0) is 12.8 Å². The number of anilines is 1. The second-order valence-electron chi connectivity index (χ2n) is 6.35. The molecule has 3 N–H and O–H groups in total. The minimum absolute atomic E-state index is 0.458. The maximum Gasteiger partial charge on any atom is 0.0343 e. The van der Waals surface area contributed by atoms with E-state index in [1.165, 1.54) is 57.1 Å². The smallest absolute Gasteiger partial charge is 0.0343 e. The number of hydrogen-bond donors (Lipinski definition) is 2. The summed E-state index contributed by atoms with van der Waals surface area (Å²) >= 11 is 0. The molecule has 0 heterocycles. The summed E-state index contributed by atoms with van der Waals surface area (Å²) in [6, 6.07) is 7.43. The van der Waals surface area contributed by atoms with E-state index < -0.39 is 0 Å². The van der Waals surface area contributed by atoms with Gasteiger partial charge in [-0.05, 0) is 80.5 Å². The van der Waals surface area contributed by atoms with Crippen molar-refractivity contribution in [3.05, 3.63) is 29.3 Å². The average molecular weight is 258 g/mol. The Morgan fingerprint density at radius 1 is 1.00 bits per heavy atom. The molecule has 2 heteroatoms. The lowest BCUT2D eigenvalue weighted by Gasteiger charge is -2.26. The first-order valence-electron chi connectivity index (χ1n) is 7.92. The van der Waals surface area contributed by atoms with Crippen LogP contribution in [0.25, 0.3) is 0 Å². The highest BCUT2D eigenvalue weighted by Crippen LogP contribution is 2.26. The van der Waals surface area contributed by atoms with Crippen LogP contribution in [-0.4, -0.2) is 12.6 Å². The molecule has 2 aliphatic rings. The second kappa shape index (κ2) is 5.96. The van der Waals surface area contributed by atoms with Crippen molar-refractivity contribution in [3.63, 3.8) is 0 Å². The summed E-state index contributed by atoms with van der Waals surface area (Å²) in [6.45, 7) is 1.12. The summed E-state index contributed by atoms with van der Waals surface area (Å²) in [4.78, 5) is 0. The molecular formula is C17H26N2. The second-order valence-corrected chi connectivity index (χ2v) is 6.35. The number of nitrogens with one attached hydrogen (secondary N) is 1. The standard InChI is InChI=1S/C17H26N2/c18-16-8-5-13(6-9-16)12-19-17-10-7-14-3-1-2-4-15(14)11-17/h7,10-11,13,16,19H,1-6,8-9,12,18H2. The van der Waals surface area contributed by atoms with Gasteiger partial charge in [-0.25, -0.2) is 0 Å². The molecule has 0 aromatic heterocycles. The summed E-state index contributed by atoms with van der Waals surface area (Å²) in [6.07, 6.45) is 10.3. The van der Waals surface area contributed by atoms with E-state index in [4.69, 9.17) is 5.73 Å². The van der Waals surface area contributed by atoms with Crippen molar-refractivity contribution in [1.29, 1.82) is 0 Å². The Morgan fingerprint density at radius 3 is 2.53 bits per heavy atom. The van der Waals surface area contributed by atoms with Crippen LogP contribution in [0.1, 0.15) is 49.7 Å². The van der Waals surface area contributed by atoms with Gasteiger partial charge >= 0.3 is 0 Å². The molecular weight excluding hydrogens is 232 g/mol. The third-order valence-electron chi connectivity index (χ3n) is 4.83. The number of rotatable bonds is 3. The zero-order valence-corrected chi connectivity index (χ0v) is 11.8. The molecule has 2 aliphatic carbocycles. The van der Waals surface area contributed by atoms with Crippen LogP contribution in [0.2, 0.25) is 0 Å². The van der Waals surface area contributed by atoms with Gasteiger partial charge in [0.15, 0.2) is 0 Å². The first-order valence-corrected chi connectivity index (χ1v) is 7.92. The van der Waals surface area contributed by atoms with Gasteiger partial charge in [0.25, 0.3) is 0 Å². The maximum atomic E-state index is 5.96. The van der Waals surface area contributed by atoms with E-state index in [-0.39, 0.29) is 0 Å². The molecule has 0 bridgehead atoms. The van der Waals surface area contributed by atoms with Crippen molar-refractivity contribution in [1.82, 2.24) is 0 Å². The normalized spacial score (nSPS) is 26.8. The predicted octanol–water partition coefficient (Wildman–Crippen LogP) is 3.49. The van der Waals surface area contributed by atoms with E-state index in [0.717, 1.165) is 12.5 Å². The summed E-state index contributed by atoms with van der Waals surface area (Å²) in [5.74, 6) is 0.816. The van der Waals surface area contributed by atoms with Crippen molar-refractivity contribution < 1.29 is 0 Å². The highest BCUT2D eigenvalue weighted by atomic mass is 14.9. The van der Waals surface area contributed by atoms with Crippen molar-refractivity contribution in [2.24, 2.45) is 11.7 Å². The number of nitrogens with two attached hydrogens (primary N) is 1. The number of aryl methyl sites for hydroxylation is 2.